The fourth-order valence-electron chi connectivity index (χ4n) is 4.27. The minimum atomic E-state index is 0.177. The van der Waals surface area contributed by atoms with Crippen molar-refractivity contribution < 1.29 is 9.47 Å². The first kappa shape index (κ1) is 16.5. The Balaban J connectivity index is 1.77. The highest BCUT2D eigenvalue weighted by molar-refractivity contribution is 5.59. The topological polar surface area (TPSA) is 30.5 Å². The lowest BCUT2D eigenvalue weighted by molar-refractivity contribution is -0.0383. The summed E-state index contributed by atoms with van der Waals surface area (Å²) < 4.78 is 12.2. The van der Waals surface area contributed by atoms with Crippen LogP contribution in [-0.4, -0.2) is 13.2 Å². The first-order valence-corrected chi connectivity index (χ1v) is 9.54. The van der Waals surface area contributed by atoms with E-state index in [0.29, 0.717) is 12.5 Å². The normalized spacial score (nSPS) is 24.8. The summed E-state index contributed by atoms with van der Waals surface area (Å²) in [6.45, 7) is 5.79. The number of hydrogen-bond acceptors (Lipinski definition) is 3. The van der Waals surface area contributed by atoms with E-state index in [-0.39, 0.29) is 12.1 Å². The molecule has 2 aliphatic rings. The molecule has 3 nitrogen and oxygen atoms in total. The van der Waals surface area contributed by atoms with Crippen LogP contribution in [0.15, 0.2) is 42.5 Å². The number of ether oxygens (including phenoxy) is 2. The predicted molar refractivity (Wildman–Crippen MR) is 101 cm³/mol. The molecule has 3 atom stereocenters. The third-order valence-electron chi connectivity index (χ3n) is 5.49. The summed E-state index contributed by atoms with van der Waals surface area (Å²) >= 11 is 0. The van der Waals surface area contributed by atoms with Gasteiger partial charge in [-0.2, -0.15) is 0 Å². The molecule has 0 saturated carbocycles. The Kier molecular flexibility index (Phi) is 4.67. The molecule has 2 aromatic rings. The van der Waals surface area contributed by atoms with E-state index in [2.05, 4.69) is 48.6 Å². The zero-order chi connectivity index (χ0) is 17.2. The van der Waals surface area contributed by atoms with Crippen molar-refractivity contribution in [3.05, 3.63) is 59.2 Å². The average Bonchev–Trinajstić information content (AvgIpc) is 2.68. The van der Waals surface area contributed by atoms with Gasteiger partial charge < -0.3 is 14.8 Å². The SMILES string of the molecule is CCOc1ccccc1[C@@H]1Nc2ccc(CC)cc2[C@H]2OCCC[C@H]21. The smallest absolute Gasteiger partial charge is 0.124 e. The Hall–Kier alpha value is -2.00. The van der Waals surface area contributed by atoms with Gasteiger partial charge in [0.2, 0.25) is 0 Å². The number of benzene rings is 2. The van der Waals surface area contributed by atoms with Crippen LogP contribution in [0.25, 0.3) is 0 Å². The van der Waals surface area contributed by atoms with Crippen LogP contribution in [0.2, 0.25) is 0 Å². The van der Waals surface area contributed by atoms with Gasteiger partial charge in [0.25, 0.3) is 0 Å². The van der Waals surface area contributed by atoms with Crippen molar-refractivity contribution in [3.63, 3.8) is 0 Å². The van der Waals surface area contributed by atoms with E-state index in [1.54, 1.807) is 0 Å². The van der Waals surface area contributed by atoms with E-state index in [1.807, 2.05) is 13.0 Å². The predicted octanol–water partition coefficient (Wildman–Crippen LogP) is 5.28. The Labute approximate surface area is 150 Å². The lowest BCUT2D eigenvalue weighted by atomic mass is 9.77. The number of hydrogen-bond donors (Lipinski definition) is 1. The summed E-state index contributed by atoms with van der Waals surface area (Å²) in [4.78, 5) is 0. The summed E-state index contributed by atoms with van der Waals surface area (Å²) in [7, 11) is 0. The molecule has 1 saturated heterocycles. The quantitative estimate of drug-likeness (QED) is 0.823. The van der Waals surface area contributed by atoms with Crippen LogP contribution >= 0.6 is 0 Å². The monoisotopic (exact) mass is 337 g/mol. The summed E-state index contributed by atoms with van der Waals surface area (Å²) in [5, 5.41) is 3.80. The number of nitrogens with one attached hydrogen (secondary N) is 1. The van der Waals surface area contributed by atoms with Crippen molar-refractivity contribution in [1.29, 1.82) is 0 Å². The van der Waals surface area contributed by atoms with Crippen LogP contribution in [0, 0.1) is 5.92 Å². The van der Waals surface area contributed by atoms with Crippen LogP contribution in [-0.2, 0) is 11.2 Å². The van der Waals surface area contributed by atoms with Gasteiger partial charge in [0.1, 0.15) is 5.75 Å². The summed E-state index contributed by atoms with van der Waals surface area (Å²) in [6.07, 6.45) is 3.54. The van der Waals surface area contributed by atoms with E-state index in [4.69, 9.17) is 9.47 Å². The number of fused-ring (bicyclic) bond motifs is 3. The molecule has 1 fully saturated rings. The molecular formula is C22H27NO2. The fourth-order valence-corrected chi connectivity index (χ4v) is 4.27. The Morgan fingerprint density at radius 1 is 1.12 bits per heavy atom. The maximum absolute atomic E-state index is 6.28. The maximum atomic E-state index is 6.28. The van der Waals surface area contributed by atoms with Crippen LogP contribution in [0.3, 0.4) is 0 Å². The number of para-hydroxylation sites is 1. The van der Waals surface area contributed by atoms with Gasteiger partial charge in [-0.1, -0.05) is 37.3 Å². The van der Waals surface area contributed by atoms with Crippen LogP contribution in [0.1, 0.15) is 55.5 Å². The number of rotatable bonds is 4. The second-order valence-electron chi connectivity index (χ2n) is 6.97. The summed E-state index contributed by atoms with van der Waals surface area (Å²) in [5.74, 6) is 1.43. The third kappa shape index (κ3) is 3.02. The number of anilines is 1. The molecule has 1 N–H and O–H groups in total. The zero-order valence-corrected chi connectivity index (χ0v) is 15.1. The van der Waals surface area contributed by atoms with Crippen molar-refractivity contribution in [3.8, 4) is 5.75 Å². The second kappa shape index (κ2) is 7.09. The Bertz CT molecular complexity index is 743. The van der Waals surface area contributed by atoms with Gasteiger partial charge in [0.15, 0.2) is 0 Å². The van der Waals surface area contributed by atoms with Gasteiger partial charge in [-0.3, -0.25) is 0 Å². The molecule has 0 aromatic heterocycles. The lowest BCUT2D eigenvalue weighted by Crippen LogP contribution is -2.36. The van der Waals surface area contributed by atoms with Gasteiger partial charge in [-0.25, -0.2) is 0 Å². The molecule has 0 spiro atoms. The molecule has 0 bridgehead atoms. The van der Waals surface area contributed by atoms with Gasteiger partial charge >= 0.3 is 0 Å². The summed E-state index contributed by atoms with van der Waals surface area (Å²) in [5.41, 5.74) is 5.16. The van der Waals surface area contributed by atoms with E-state index in [1.165, 1.54) is 28.8 Å². The molecule has 2 aliphatic heterocycles. The molecule has 2 aromatic carbocycles. The molecular weight excluding hydrogens is 310 g/mol. The van der Waals surface area contributed by atoms with Crippen molar-refractivity contribution in [2.24, 2.45) is 5.92 Å². The Morgan fingerprint density at radius 3 is 2.84 bits per heavy atom. The van der Waals surface area contributed by atoms with Crippen LogP contribution in [0.5, 0.6) is 5.75 Å². The average molecular weight is 337 g/mol. The van der Waals surface area contributed by atoms with Crippen molar-refractivity contribution >= 4 is 5.69 Å². The molecule has 0 amide bonds. The van der Waals surface area contributed by atoms with Gasteiger partial charge in [0, 0.05) is 29.3 Å². The van der Waals surface area contributed by atoms with Crippen LogP contribution in [0.4, 0.5) is 5.69 Å². The molecule has 4 rings (SSSR count). The second-order valence-corrected chi connectivity index (χ2v) is 6.97. The molecule has 132 valence electrons. The van der Waals surface area contributed by atoms with Crippen molar-refractivity contribution in [2.45, 2.75) is 45.3 Å². The molecule has 3 heteroatoms. The zero-order valence-electron chi connectivity index (χ0n) is 15.1. The Morgan fingerprint density at radius 2 is 2.00 bits per heavy atom. The van der Waals surface area contributed by atoms with Gasteiger partial charge in [-0.05, 0) is 43.9 Å². The van der Waals surface area contributed by atoms with Crippen molar-refractivity contribution in [2.75, 3.05) is 18.5 Å². The molecule has 0 unspecified atom stereocenters. The fraction of sp³-hybridized carbons (Fsp3) is 0.455. The van der Waals surface area contributed by atoms with Crippen LogP contribution < -0.4 is 10.1 Å². The minimum absolute atomic E-state index is 0.177. The number of aryl methyl sites for hydroxylation is 1. The highest BCUT2D eigenvalue weighted by atomic mass is 16.5. The lowest BCUT2D eigenvalue weighted by Gasteiger charge is -2.43. The van der Waals surface area contributed by atoms with E-state index < -0.39 is 0 Å². The first-order valence-electron chi connectivity index (χ1n) is 9.54. The van der Waals surface area contributed by atoms with Gasteiger partial charge in [-0.15, -0.1) is 0 Å². The highest BCUT2D eigenvalue weighted by Gasteiger charge is 2.40. The summed E-state index contributed by atoms with van der Waals surface area (Å²) in [6, 6.07) is 15.4. The standard InChI is InChI=1S/C22H27NO2/c1-3-15-11-12-19-18(14-15)22-17(9-7-13-25-22)21(23-19)16-8-5-6-10-20(16)24-4-2/h5-6,8,10-12,14,17,21-23H,3-4,7,9,13H2,1-2H3/t17-,21-,22-/m0/s1. The molecule has 25 heavy (non-hydrogen) atoms. The van der Waals surface area contributed by atoms with Gasteiger partial charge in [0.05, 0.1) is 18.8 Å². The molecule has 0 radical (unpaired) electrons. The van der Waals surface area contributed by atoms with Crippen molar-refractivity contribution in [1.82, 2.24) is 0 Å². The molecule has 2 heterocycles. The molecule has 0 aliphatic carbocycles. The first-order chi connectivity index (χ1) is 12.3. The highest BCUT2D eigenvalue weighted by Crippen LogP contribution is 2.50. The van der Waals surface area contributed by atoms with E-state index in [9.17, 15) is 0 Å². The van der Waals surface area contributed by atoms with E-state index >= 15 is 0 Å². The van der Waals surface area contributed by atoms with E-state index in [0.717, 1.165) is 25.2 Å². The third-order valence-corrected chi connectivity index (χ3v) is 5.49. The maximum Gasteiger partial charge on any atom is 0.124 e. The minimum Gasteiger partial charge on any atom is -0.494 e. The largest absolute Gasteiger partial charge is 0.494 e.